The summed E-state index contributed by atoms with van der Waals surface area (Å²) in [5.74, 6) is -0.954. The Morgan fingerprint density at radius 3 is 2.76 bits per heavy atom. The van der Waals surface area contributed by atoms with E-state index in [1.807, 2.05) is 0 Å². The standard InChI is InChI=1S/C13H13ClF2N4O/c1-7(18-12-5-11(14)19-13(17)20-12)6-21-10-3-2-8(15)4-9(10)16/h2-5,7H,6H2,1H3,(H3,17,18,19,20). The summed E-state index contributed by atoms with van der Waals surface area (Å²) in [7, 11) is 0. The van der Waals surface area contributed by atoms with Crippen LogP contribution < -0.4 is 15.8 Å². The lowest BCUT2D eigenvalue weighted by Crippen LogP contribution is -2.24. The minimum absolute atomic E-state index is 0.0229. The van der Waals surface area contributed by atoms with Gasteiger partial charge in [0.05, 0.1) is 6.04 Å². The van der Waals surface area contributed by atoms with Gasteiger partial charge in [-0.15, -0.1) is 0 Å². The molecule has 1 atom stereocenters. The molecule has 5 nitrogen and oxygen atoms in total. The van der Waals surface area contributed by atoms with E-state index in [0.717, 1.165) is 12.1 Å². The lowest BCUT2D eigenvalue weighted by molar-refractivity contribution is 0.288. The van der Waals surface area contributed by atoms with Crippen LogP contribution in [-0.2, 0) is 0 Å². The average Bonchev–Trinajstić information content (AvgIpc) is 2.36. The number of benzene rings is 1. The van der Waals surface area contributed by atoms with Gasteiger partial charge < -0.3 is 15.8 Å². The van der Waals surface area contributed by atoms with Gasteiger partial charge in [0.2, 0.25) is 5.95 Å². The van der Waals surface area contributed by atoms with Gasteiger partial charge >= 0.3 is 0 Å². The number of hydrogen-bond acceptors (Lipinski definition) is 5. The van der Waals surface area contributed by atoms with E-state index in [-0.39, 0.29) is 29.5 Å². The van der Waals surface area contributed by atoms with Gasteiger partial charge in [-0.25, -0.2) is 13.8 Å². The van der Waals surface area contributed by atoms with E-state index in [1.165, 1.54) is 12.1 Å². The first-order valence-corrected chi connectivity index (χ1v) is 6.46. The molecule has 1 unspecified atom stereocenters. The normalized spacial score (nSPS) is 12.0. The van der Waals surface area contributed by atoms with Crippen LogP contribution in [0, 0.1) is 11.6 Å². The van der Waals surface area contributed by atoms with Gasteiger partial charge in [-0.1, -0.05) is 11.6 Å². The predicted molar refractivity (Wildman–Crippen MR) is 76.4 cm³/mol. The number of anilines is 2. The van der Waals surface area contributed by atoms with Crippen molar-refractivity contribution in [1.82, 2.24) is 9.97 Å². The van der Waals surface area contributed by atoms with E-state index in [0.29, 0.717) is 5.82 Å². The fraction of sp³-hybridized carbons (Fsp3) is 0.231. The third-order valence-corrected chi connectivity index (χ3v) is 2.68. The summed E-state index contributed by atoms with van der Waals surface area (Å²) >= 11 is 5.75. The van der Waals surface area contributed by atoms with Gasteiger partial charge in [0.1, 0.15) is 23.4 Å². The lowest BCUT2D eigenvalue weighted by Gasteiger charge is -2.16. The summed E-state index contributed by atoms with van der Waals surface area (Å²) in [5, 5.41) is 3.20. The second-order valence-electron chi connectivity index (χ2n) is 4.37. The van der Waals surface area contributed by atoms with Crippen LogP contribution in [0.1, 0.15) is 6.92 Å². The summed E-state index contributed by atoms with van der Waals surface area (Å²) < 4.78 is 31.4. The van der Waals surface area contributed by atoms with Crippen molar-refractivity contribution in [2.75, 3.05) is 17.7 Å². The topological polar surface area (TPSA) is 73.1 Å². The third-order valence-electron chi connectivity index (χ3n) is 2.49. The van der Waals surface area contributed by atoms with Gasteiger partial charge in [-0.3, -0.25) is 0 Å². The molecule has 0 bridgehead atoms. The first kappa shape index (κ1) is 15.2. The van der Waals surface area contributed by atoms with E-state index in [9.17, 15) is 8.78 Å². The van der Waals surface area contributed by atoms with Crippen LogP contribution >= 0.6 is 11.6 Å². The van der Waals surface area contributed by atoms with Gasteiger partial charge in [0.15, 0.2) is 11.6 Å². The van der Waals surface area contributed by atoms with Crippen LogP contribution in [0.2, 0.25) is 5.15 Å². The quantitative estimate of drug-likeness (QED) is 0.830. The molecular weight excluding hydrogens is 302 g/mol. The molecule has 2 rings (SSSR count). The van der Waals surface area contributed by atoms with Crippen molar-refractivity contribution >= 4 is 23.4 Å². The second-order valence-corrected chi connectivity index (χ2v) is 4.75. The number of rotatable bonds is 5. The van der Waals surface area contributed by atoms with Crippen LogP contribution in [0.5, 0.6) is 5.75 Å². The molecule has 1 aromatic heterocycles. The molecule has 1 heterocycles. The molecule has 112 valence electrons. The van der Waals surface area contributed by atoms with Crippen molar-refractivity contribution in [3.05, 3.63) is 41.1 Å². The second kappa shape index (κ2) is 6.53. The highest BCUT2D eigenvalue weighted by atomic mass is 35.5. The molecule has 3 N–H and O–H groups in total. The van der Waals surface area contributed by atoms with Gasteiger partial charge in [-0.2, -0.15) is 4.98 Å². The zero-order valence-electron chi connectivity index (χ0n) is 11.1. The van der Waals surface area contributed by atoms with Crippen molar-refractivity contribution in [1.29, 1.82) is 0 Å². The zero-order chi connectivity index (χ0) is 15.4. The highest BCUT2D eigenvalue weighted by molar-refractivity contribution is 6.29. The minimum Gasteiger partial charge on any atom is -0.488 e. The monoisotopic (exact) mass is 314 g/mol. The van der Waals surface area contributed by atoms with E-state index in [2.05, 4.69) is 15.3 Å². The molecule has 1 aromatic carbocycles. The number of nitrogens with two attached hydrogens (primary N) is 1. The Kier molecular flexibility index (Phi) is 4.74. The minimum atomic E-state index is -0.753. The van der Waals surface area contributed by atoms with Gasteiger partial charge in [0, 0.05) is 12.1 Å². The first-order chi connectivity index (χ1) is 9.94. The highest BCUT2D eigenvalue weighted by Crippen LogP contribution is 2.18. The molecule has 0 aliphatic carbocycles. The van der Waals surface area contributed by atoms with E-state index < -0.39 is 11.6 Å². The van der Waals surface area contributed by atoms with Crippen LogP contribution in [0.4, 0.5) is 20.5 Å². The van der Waals surface area contributed by atoms with E-state index >= 15 is 0 Å². The van der Waals surface area contributed by atoms with Crippen molar-refractivity contribution < 1.29 is 13.5 Å². The molecule has 0 fully saturated rings. The molecule has 0 spiro atoms. The highest BCUT2D eigenvalue weighted by Gasteiger charge is 2.09. The Hall–Kier alpha value is -2.15. The molecule has 0 radical (unpaired) electrons. The molecule has 2 aromatic rings. The molecule has 21 heavy (non-hydrogen) atoms. The van der Waals surface area contributed by atoms with Gasteiger partial charge in [0.25, 0.3) is 0 Å². The fourth-order valence-corrected chi connectivity index (χ4v) is 1.80. The molecular formula is C13H13ClF2N4O. The average molecular weight is 315 g/mol. The number of hydrogen-bond donors (Lipinski definition) is 2. The van der Waals surface area contributed by atoms with Gasteiger partial charge in [-0.05, 0) is 19.1 Å². The number of nitrogens with zero attached hydrogens (tertiary/aromatic N) is 2. The van der Waals surface area contributed by atoms with Crippen LogP contribution in [0.3, 0.4) is 0 Å². The summed E-state index contributed by atoms with van der Waals surface area (Å²) in [6.45, 7) is 1.94. The Morgan fingerprint density at radius 2 is 2.10 bits per heavy atom. The molecule has 0 amide bonds. The van der Waals surface area contributed by atoms with Crippen molar-refractivity contribution in [3.8, 4) is 5.75 Å². The first-order valence-electron chi connectivity index (χ1n) is 6.08. The van der Waals surface area contributed by atoms with E-state index in [4.69, 9.17) is 22.1 Å². The lowest BCUT2D eigenvalue weighted by atomic mass is 10.3. The van der Waals surface area contributed by atoms with Crippen molar-refractivity contribution in [2.24, 2.45) is 0 Å². The Labute approximate surface area is 125 Å². The largest absolute Gasteiger partial charge is 0.488 e. The van der Waals surface area contributed by atoms with Crippen molar-refractivity contribution in [2.45, 2.75) is 13.0 Å². The maximum Gasteiger partial charge on any atom is 0.223 e. The smallest absolute Gasteiger partial charge is 0.223 e. The summed E-state index contributed by atoms with van der Waals surface area (Å²) in [5.41, 5.74) is 5.47. The molecule has 0 saturated carbocycles. The van der Waals surface area contributed by atoms with Crippen LogP contribution in [0.25, 0.3) is 0 Å². The SMILES string of the molecule is CC(COc1ccc(F)cc1F)Nc1cc(Cl)nc(N)n1. The van der Waals surface area contributed by atoms with Crippen LogP contribution in [-0.4, -0.2) is 22.6 Å². The predicted octanol–water partition coefficient (Wildman–Crippen LogP) is 2.87. The zero-order valence-corrected chi connectivity index (χ0v) is 11.9. The maximum absolute atomic E-state index is 13.4. The third kappa shape index (κ3) is 4.42. The van der Waals surface area contributed by atoms with Crippen LogP contribution in [0.15, 0.2) is 24.3 Å². The number of halogens is 3. The Balaban J connectivity index is 1.94. The summed E-state index contributed by atoms with van der Waals surface area (Å²) in [4.78, 5) is 7.68. The maximum atomic E-state index is 13.4. The molecule has 0 saturated heterocycles. The van der Waals surface area contributed by atoms with Crippen molar-refractivity contribution in [3.63, 3.8) is 0 Å². The number of nitrogen functional groups attached to an aromatic ring is 1. The summed E-state index contributed by atoms with van der Waals surface area (Å²) in [6.07, 6.45) is 0. The molecule has 0 aliphatic rings. The Bertz CT molecular complexity index is 621. The molecule has 8 heteroatoms. The molecule has 0 aliphatic heterocycles. The summed E-state index contributed by atoms with van der Waals surface area (Å²) in [6, 6.07) is 4.42. The van der Waals surface area contributed by atoms with E-state index in [1.54, 1.807) is 6.92 Å². The fourth-order valence-electron chi connectivity index (χ4n) is 1.61. The number of aromatic nitrogens is 2. The number of nitrogens with one attached hydrogen (secondary N) is 1. The Morgan fingerprint density at radius 1 is 1.33 bits per heavy atom. The number of ether oxygens (including phenoxy) is 1.